The molecule has 0 aliphatic carbocycles. The van der Waals surface area contributed by atoms with Crippen LogP contribution < -0.4 is 0 Å². The molecule has 0 aromatic carbocycles. The van der Waals surface area contributed by atoms with E-state index < -0.39 is 0 Å². The maximum atomic E-state index is 12.8. The average Bonchev–Trinajstić information content (AvgIpc) is 3.39. The first-order valence-corrected chi connectivity index (χ1v) is 10.5. The normalized spacial score (nSPS) is 25.1. The van der Waals surface area contributed by atoms with Crippen LogP contribution >= 0.6 is 0 Å². The quantitative estimate of drug-likeness (QED) is 0.875. The number of piperidine rings is 2. The van der Waals surface area contributed by atoms with Gasteiger partial charge in [0.05, 0.1) is 5.92 Å². The highest BCUT2D eigenvalue weighted by Gasteiger charge is 2.35. The molecule has 7 heteroatoms. The van der Waals surface area contributed by atoms with E-state index in [0.29, 0.717) is 17.6 Å². The molecule has 3 aliphatic rings. The number of nitrogens with zero attached hydrogens (tertiary/aromatic N) is 4. The fourth-order valence-corrected chi connectivity index (χ4v) is 4.86. The Balaban J connectivity index is 1.30. The van der Waals surface area contributed by atoms with E-state index in [9.17, 15) is 9.59 Å². The van der Waals surface area contributed by atoms with Gasteiger partial charge in [0.25, 0.3) is 5.91 Å². The molecule has 2 amide bonds. The van der Waals surface area contributed by atoms with Crippen LogP contribution in [-0.2, 0) is 4.79 Å². The Morgan fingerprint density at radius 3 is 2.41 bits per heavy atom. The second kappa shape index (κ2) is 8.00. The number of aromatic amines is 1. The number of rotatable bonds is 3. The van der Waals surface area contributed by atoms with Crippen LogP contribution in [0.4, 0.5) is 0 Å². The molecule has 0 unspecified atom stereocenters. The lowest BCUT2D eigenvalue weighted by Crippen LogP contribution is -2.51. The summed E-state index contributed by atoms with van der Waals surface area (Å²) in [5, 5.41) is 6.94. The van der Waals surface area contributed by atoms with Gasteiger partial charge in [-0.15, -0.1) is 0 Å². The first-order valence-electron chi connectivity index (χ1n) is 10.5. The van der Waals surface area contributed by atoms with Gasteiger partial charge in [-0.1, -0.05) is 0 Å². The van der Waals surface area contributed by atoms with E-state index in [2.05, 4.69) is 20.0 Å². The Kier molecular flexibility index (Phi) is 5.48. The van der Waals surface area contributed by atoms with Crippen molar-refractivity contribution >= 4 is 11.8 Å². The summed E-state index contributed by atoms with van der Waals surface area (Å²) in [6.07, 6.45) is 6.42. The molecule has 1 aromatic heterocycles. The Labute approximate surface area is 161 Å². The molecule has 4 heterocycles. The summed E-state index contributed by atoms with van der Waals surface area (Å²) in [6.45, 7) is 7.33. The molecule has 27 heavy (non-hydrogen) atoms. The average molecular weight is 374 g/mol. The molecule has 0 bridgehead atoms. The van der Waals surface area contributed by atoms with Crippen molar-refractivity contribution in [2.24, 2.45) is 5.92 Å². The highest BCUT2D eigenvalue weighted by Crippen LogP contribution is 2.26. The predicted molar refractivity (Wildman–Crippen MR) is 102 cm³/mol. The number of carbonyl (C=O) groups is 2. The number of aromatic nitrogens is 2. The molecular weight excluding hydrogens is 342 g/mol. The fourth-order valence-electron chi connectivity index (χ4n) is 4.86. The molecule has 0 spiro atoms. The first-order chi connectivity index (χ1) is 13.1. The van der Waals surface area contributed by atoms with E-state index in [1.807, 2.05) is 17.9 Å². The molecule has 1 aromatic rings. The largest absolute Gasteiger partial charge is 0.342 e. The summed E-state index contributed by atoms with van der Waals surface area (Å²) < 4.78 is 0. The van der Waals surface area contributed by atoms with Crippen molar-refractivity contribution in [1.82, 2.24) is 24.9 Å². The van der Waals surface area contributed by atoms with Crippen molar-refractivity contribution in [3.05, 3.63) is 17.5 Å². The zero-order valence-electron chi connectivity index (χ0n) is 16.3. The van der Waals surface area contributed by atoms with E-state index in [1.54, 1.807) is 0 Å². The smallest absolute Gasteiger partial charge is 0.274 e. The molecule has 7 nitrogen and oxygen atoms in total. The Morgan fingerprint density at radius 1 is 1.00 bits per heavy atom. The van der Waals surface area contributed by atoms with Gasteiger partial charge < -0.3 is 9.80 Å². The van der Waals surface area contributed by atoms with Crippen LogP contribution in [0, 0.1) is 12.8 Å². The van der Waals surface area contributed by atoms with Crippen molar-refractivity contribution in [2.45, 2.75) is 51.5 Å². The molecule has 1 atom stereocenters. The minimum atomic E-state index is 0.0264. The van der Waals surface area contributed by atoms with E-state index in [4.69, 9.17) is 0 Å². The lowest BCUT2D eigenvalue weighted by atomic mass is 9.93. The molecule has 0 saturated carbocycles. The monoisotopic (exact) mass is 373 g/mol. The van der Waals surface area contributed by atoms with E-state index in [0.717, 1.165) is 83.5 Å². The van der Waals surface area contributed by atoms with Gasteiger partial charge >= 0.3 is 0 Å². The van der Waals surface area contributed by atoms with Gasteiger partial charge in [0.2, 0.25) is 5.91 Å². The Bertz CT molecular complexity index is 674. The molecule has 1 N–H and O–H groups in total. The molecule has 0 radical (unpaired) electrons. The van der Waals surface area contributed by atoms with Gasteiger partial charge in [-0.25, -0.2) is 0 Å². The first kappa shape index (κ1) is 18.5. The number of amides is 2. The van der Waals surface area contributed by atoms with Gasteiger partial charge in [-0.2, -0.15) is 5.10 Å². The van der Waals surface area contributed by atoms with Crippen molar-refractivity contribution < 1.29 is 9.59 Å². The third-order valence-corrected chi connectivity index (χ3v) is 6.41. The van der Waals surface area contributed by atoms with Crippen LogP contribution in [-0.4, -0.2) is 82.0 Å². The van der Waals surface area contributed by atoms with Crippen LogP contribution in [0.3, 0.4) is 0 Å². The number of H-pyrrole nitrogens is 1. The third-order valence-electron chi connectivity index (χ3n) is 6.41. The van der Waals surface area contributed by atoms with Gasteiger partial charge in [0, 0.05) is 44.5 Å². The van der Waals surface area contributed by atoms with E-state index in [1.165, 1.54) is 0 Å². The molecule has 3 saturated heterocycles. The number of hydrogen-bond donors (Lipinski definition) is 1. The van der Waals surface area contributed by atoms with Crippen molar-refractivity contribution in [2.75, 3.05) is 39.3 Å². The van der Waals surface area contributed by atoms with Crippen LogP contribution in [0.25, 0.3) is 0 Å². The second-order valence-corrected chi connectivity index (χ2v) is 8.33. The van der Waals surface area contributed by atoms with Gasteiger partial charge in [-0.3, -0.25) is 19.6 Å². The summed E-state index contributed by atoms with van der Waals surface area (Å²) in [5.41, 5.74) is 1.43. The summed E-state index contributed by atoms with van der Waals surface area (Å²) in [4.78, 5) is 31.8. The van der Waals surface area contributed by atoms with Crippen molar-refractivity contribution in [3.8, 4) is 0 Å². The van der Waals surface area contributed by atoms with Crippen LogP contribution in [0.2, 0.25) is 0 Å². The van der Waals surface area contributed by atoms with Gasteiger partial charge in [0.1, 0.15) is 5.69 Å². The number of nitrogens with one attached hydrogen (secondary N) is 1. The van der Waals surface area contributed by atoms with E-state index in [-0.39, 0.29) is 11.8 Å². The van der Waals surface area contributed by atoms with Crippen LogP contribution in [0.15, 0.2) is 6.07 Å². The highest BCUT2D eigenvalue weighted by molar-refractivity contribution is 5.92. The lowest BCUT2D eigenvalue weighted by molar-refractivity contribution is -0.136. The van der Waals surface area contributed by atoms with Crippen LogP contribution in [0.1, 0.15) is 54.7 Å². The van der Waals surface area contributed by atoms with Gasteiger partial charge in [0.15, 0.2) is 0 Å². The molecule has 148 valence electrons. The molecule has 3 aliphatic heterocycles. The predicted octanol–water partition coefficient (Wildman–Crippen LogP) is 1.66. The summed E-state index contributed by atoms with van der Waals surface area (Å²) in [6, 6.07) is 2.30. The van der Waals surface area contributed by atoms with Gasteiger partial charge in [-0.05, 0) is 58.1 Å². The third kappa shape index (κ3) is 4.03. The van der Waals surface area contributed by atoms with Crippen molar-refractivity contribution in [3.63, 3.8) is 0 Å². The zero-order valence-corrected chi connectivity index (χ0v) is 16.3. The SMILES string of the molecule is Cc1cc(C(=O)N2CCC(N3CCC[C@@H](C(=O)N4CCCC4)C3)CC2)n[nH]1. The van der Waals surface area contributed by atoms with E-state index >= 15 is 0 Å². The maximum absolute atomic E-state index is 12.8. The molecule has 4 rings (SSSR count). The summed E-state index contributed by atoms with van der Waals surface area (Å²) in [5.74, 6) is 0.570. The standard InChI is InChI=1S/C20H31N5O2/c1-15-13-18(22-21-15)20(27)24-11-6-17(7-12-24)25-10-4-5-16(14-25)19(26)23-8-2-3-9-23/h13,16-17H,2-12,14H2,1H3,(H,21,22)/t16-/m1/s1. The minimum absolute atomic E-state index is 0.0264. The minimum Gasteiger partial charge on any atom is -0.342 e. The number of carbonyl (C=O) groups excluding carboxylic acids is 2. The number of aryl methyl sites for hydroxylation is 1. The summed E-state index contributed by atoms with van der Waals surface area (Å²) >= 11 is 0. The zero-order chi connectivity index (χ0) is 18.8. The fraction of sp³-hybridized carbons (Fsp3) is 0.750. The number of hydrogen-bond acceptors (Lipinski definition) is 4. The Morgan fingerprint density at radius 2 is 1.74 bits per heavy atom. The summed E-state index contributed by atoms with van der Waals surface area (Å²) in [7, 11) is 0. The number of likely N-dealkylation sites (tertiary alicyclic amines) is 3. The second-order valence-electron chi connectivity index (χ2n) is 8.33. The van der Waals surface area contributed by atoms with Crippen molar-refractivity contribution in [1.29, 1.82) is 0 Å². The lowest BCUT2D eigenvalue weighted by Gasteiger charge is -2.42. The van der Waals surface area contributed by atoms with Crippen LogP contribution in [0.5, 0.6) is 0 Å². The highest BCUT2D eigenvalue weighted by atomic mass is 16.2. The Hall–Kier alpha value is -1.89. The topological polar surface area (TPSA) is 72.5 Å². The molecule has 3 fully saturated rings. The molecular formula is C20H31N5O2. The maximum Gasteiger partial charge on any atom is 0.274 e.